The molecule has 2 aromatic rings. The van der Waals surface area contributed by atoms with E-state index in [1.165, 1.54) is 5.01 Å². The Morgan fingerprint density at radius 1 is 1.19 bits per heavy atom. The summed E-state index contributed by atoms with van der Waals surface area (Å²) in [4.78, 5) is 4.46. The monoisotopic (exact) mass is 478 g/mol. The summed E-state index contributed by atoms with van der Waals surface area (Å²) in [6.45, 7) is 0.581. The number of hydrogen-bond donors (Lipinski definition) is 2. The number of halogens is 2. The van der Waals surface area contributed by atoms with E-state index in [1.807, 2.05) is 18.3 Å². The Bertz CT molecular complexity index is 1130. The van der Waals surface area contributed by atoms with Crippen molar-refractivity contribution < 1.29 is 8.42 Å². The van der Waals surface area contributed by atoms with E-state index < -0.39 is 16.1 Å². The molecular weight excluding hydrogens is 459 g/mol. The van der Waals surface area contributed by atoms with Gasteiger partial charge in [0.25, 0.3) is 0 Å². The predicted octanol–water partition coefficient (Wildman–Crippen LogP) is 2.60. The van der Waals surface area contributed by atoms with Crippen molar-refractivity contribution in [1.82, 2.24) is 15.0 Å². The first-order valence-corrected chi connectivity index (χ1v) is 11.9. The summed E-state index contributed by atoms with van der Waals surface area (Å²) in [6, 6.07) is 13.7. The van der Waals surface area contributed by atoms with Crippen LogP contribution in [0, 0.1) is 11.5 Å². The molecule has 0 amide bonds. The van der Waals surface area contributed by atoms with Gasteiger partial charge in [-0.1, -0.05) is 47.5 Å². The van der Waals surface area contributed by atoms with Crippen molar-refractivity contribution in [2.75, 3.05) is 19.3 Å². The zero-order chi connectivity index (χ0) is 22.4. The lowest BCUT2D eigenvalue weighted by molar-refractivity contribution is 0.450. The van der Waals surface area contributed by atoms with Crippen LogP contribution in [-0.2, 0) is 16.4 Å². The summed E-state index contributed by atoms with van der Waals surface area (Å²) in [5, 5.41) is 18.9. The molecule has 0 bridgehead atoms. The molecule has 0 aromatic heterocycles. The fourth-order valence-electron chi connectivity index (χ4n) is 3.04. The number of guanidine groups is 1. The van der Waals surface area contributed by atoms with Crippen molar-refractivity contribution in [2.24, 2.45) is 10.1 Å². The van der Waals surface area contributed by atoms with E-state index in [4.69, 9.17) is 28.5 Å². The predicted molar refractivity (Wildman–Crippen MR) is 123 cm³/mol. The number of nitriles is 1. The molecule has 31 heavy (non-hydrogen) atoms. The topological polar surface area (TPSA) is 110 Å². The van der Waals surface area contributed by atoms with Crippen LogP contribution in [0.25, 0.3) is 0 Å². The third kappa shape index (κ3) is 6.67. The molecular formula is C20H20Cl2N6O2S. The molecule has 0 aliphatic carbocycles. The third-order valence-corrected chi connectivity index (χ3v) is 5.61. The van der Waals surface area contributed by atoms with Crippen molar-refractivity contribution in [3.63, 3.8) is 0 Å². The minimum Gasteiger partial charge on any atom is -0.261 e. The van der Waals surface area contributed by atoms with Gasteiger partial charge in [0.2, 0.25) is 16.0 Å². The molecule has 1 aliphatic rings. The molecule has 0 radical (unpaired) electrons. The van der Waals surface area contributed by atoms with Gasteiger partial charge in [0, 0.05) is 16.6 Å². The minimum absolute atomic E-state index is 0.180. The number of nitrogens with zero attached hydrogens (tertiary/aromatic N) is 4. The summed E-state index contributed by atoms with van der Waals surface area (Å²) >= 11 is 11.9. The van der Waals surface area contributed by atoms with Gasteiger partial charge < -0.3 is 0 Å². The first-order chi connectivity index (χ1) is 14.7. The van der Waals surface area contributed by atoms with Crippen LogP contribution in [0.1, 0.15) is 11.1 Å². The summed E-state index contributed by atoms with van der Waals surface area (Å²) < 4.78 is 26.3. The summed E-state index contributed by atoms with van der Waals surface area (Å²) in [5.74, 6) is 0.237. The lowest BCUT2D eigenvalue weighted by Crippen LogP contribution is -2.44. The standard InChI is InChI=1S/C20H20Cl2N6O2S/c1-31(29,30)27-18-12-28(26-19(18)15-4-8-17(22)9-5-15)20(25-13-23)24-11-10-14-2-6-16(21)7-3-14/h2-9,18,27H,10-12H2,1H3,(H,24,25). The van der Waals surface area contributed by atoms with E-state index >= 15 is 0 Å². The molecule has 8 nitrogen and oxygen atoms in total. The summed E-state index contributed by atoms with van der Waals surface area (Å²) in [6.07, 6.45) is 3.59. The first-order valence-electron chi connectivity index (χ1n) is 9.28. The van der Waals surface area contributed by atoms with Crippen molar-refractivity contribution in [3.05, 3.63) is 69.7 Å². The van der Waals surface area contributed by atoms with Crippen LogP contribution in [-0.4, -0.2) is 50.5 Å². The van der Waals surface area contributed by atoms with Crippen molar-refractivity contribution in [1.29, 1.82) is 5.26 Å². The zero-order valence-corrected chi connectivity index (χ0v) is 18.9. The van der Waals surface area contributed by atoms with Crippen molar-refractivity contribution in [3.8, 4) is 6.19 Å². The summed E-state index contributed by atoms with van der Waals surface area (Å²) in [5.41, 5.74) is 2.27. The molecule has 1 aliphatic heterocycles. The highest BCUT2D eigenvalue weighted by molar-refractivity contribution is 7.88. The van der Waals surface area contributed by atoms with Crippen molar-refractivity contribution >= 4 is 44.9 Å². The Morgan fingerprint density at radius 3 is 2.39 bits per heavy atom. The fraction of sp³-hybridized carbons (Fsp3) is 0.250. The maximum absolute atomic E-state index is 11.9. The summed E-state index contributed by atoms with van der Waals surface area (Å²) in [7, 11) is -3.49. The molecule has 0 saturated carbocycles. The van der Waals surface area contributed by atoms with Gasteiger partial charge >= 0.3 is 0 Å². The van der Waals surface area contributed by atoms with Crippen molar-refractivity contribution in [2.45, 2.75) is 12.5 Å². The van der Waals surface area contributed by atoms with Gasteiger partial charge in [0.1, 0.15) is 0 Å². The smallest absolute Gasteiger partial charge is 0.228 e. The van der Waals surface area contributed by atoms with Gasteiger partial charge in [-0.3, -0.25) is 10.3 Å². The van der Waals surface area contributed by atoms with Gasteiger partial charge in [0.05, 0.1) is 24.6 Å². The number of sulfonamides is 1. The van der Waals surface area contributed by atoms with E-state index in [0.29, 0.717) is 34.3 Å². The lowest BCUT2D eigenvalue weighted by Gasteiger charge is -2.17. The van der Waals surface area contributed by atoms with Gasteiger partial charge in [-0.05, 0) is 41.8 Å². The van der Waals surface area contributed by atoms with Crippen LogP contribution in [0.4, 0.5) is 0 Å². The zero-order valence-electron chi connectivity index (χ0n) is 16.6. The molecule has 2 N–H and O–H groups in total. The van der Waals surface area contributed by atoms with E-state index in [-0.39, 0.29) is 12.5 Å². The average molecular weight is 479 g/mol. The van der Waals surface area contributed by atoms with Crippen LogP contribution in [0.5, 0.6) is 0 Å². The van der Waals surface area contributed by atoms with Gasteiger partial charge in [0.15, 0.2) is 6.19 Å². The fourth-order valence-corrected chi connectivity index (χ4v) is 4.00. The average Bonchev–Trinajstić information content (AvgIpc) is 3.11. The normalized spacial score (nSPS) is 16.7. The number of rotatable bonds is 6. The number of nitrogens with one attached hydrogen (secondary N) is 2. The van der Waals surface area contributed by atoms with E-state index in [9.17, 15) is 8.42 Å². The molecule has 0 spiro atoms. The molecule has 0 saturated heterocycles. The Morgan fingerprint density at radius 2 is 1.81 bits per heavy atom. The first kappa shape index (κ1) is 23.0. The molecule has 0 fully saturated rings. The van der Waals surface area contributed by atoms with Gasteiger partial charge in [-0.25, -0.2) is 18.1 Å². The number of hydrogen-bond acceptors (Lipinski definition) is 5. The highest BCUT2D eigenvalue weighted by Gasteiger charge is 2.32. The molecule has 3 rings (SSSR count). The SMILES string of the molecule is CS(=O)(=O)NC1CN(C(=NCCc2ccc(Cl)cc2)NC#N)N=C1c1ccc(Cl)cc1. The van der Waals surface area contributed by atoms with Crippen LogP contribution in [0.15, 0.2) is 58.6 Å². The second-order valence-corrected chi connectivity index (χ2v) is 9.49. The molecule has 2 aromatic carbocycles. The van der Waals surface area contributed by atoms with Crippen LogP contribution < -0.4 is 10.0 Å². The second-order valence-electron chi connectivity index (χ2n) is 6.84. The van der Waals surface area contributed by atoms with E-state index in [0.717, 1.165) is 11.8 Å². The Labute approximate surface area is 191 Å². The molecule has 1 unspecified atom stereocenters. The highest BCUT2D eigenvalue weighted by atomic mass is 35.5. The lowest BCUT2D eigenvalue weighted by atomic mass is 10.1. The Balaban J connectivity index is 1.83. The van der Waals surface area contributed by atoms with Gasteiger partial charge in [-0.15, -0.1) is 0 Å². The largest absolute Gasteiger partial charge is 0.261 e. The quantitative estimate of drug-likeness (QED) is 0.287. The maximum atomic E-state index is 11.9. The number of aliphatic imine (C=N–C) groups is 1. The Kier molecular flexibility index (Phi) is 7.51. The maximum Gasteiger partial charge on any atom is 0.228 e. The van der Waals surface area contributed by atoms with Crippen LogP contribution in [0.2, 0.25) is 10.0 Å². The van der Waals surface area contributed by atoms with E-state index in [2.05, 4.69) is 20.1 Å². The number of hydrazone groups is 1. The third-order valence-electron chi connectivity index (χ3n) is 4.40. The molecule has 11 heteroatoms. The second kappa shape index (κ2) is 10.1. The van der Waals surface area contributed by atoms with Gasteiger partial charge in [-0.2, -0.15) is 10.4 Å². The molecule has 162 valence electrons. The van der Waals surface area contributed by atoms with E-state index in [1.54, 1.807) is 36.4 Å². The highest BCUT2D eigenvalue weighted by Crippen LogP contribution is 2.18. The molecule has 1 heterocycles. The Hall–Kier alpha value is -2.64. The van der Waals surface area contributed by atoms with Crippen LogP contribution in [0.3, 0.4) is 0 Å². The molecule has 1 atom stereocenters. The van der Waals surface area contributed by atoms with Crippen LogP contribution >= 0.6 is 23.2 Å². The number of benzene rings is 2. The minimum atomic E-state index is -3.49.